The second kappa shape index (κ2) is 3.52. The van der Waals surface area contributed by atoms with Gasteiger partial charge < -0.3 is 4.43 Å². The van der Waals surface area contributed by atoms with Gasteiger partial charge in [-0.2, -0.15) is 0 Å². The lowest BCUT2D eigenvalue weighted by molar-refractivity contribution is 0.303. The van der Waals surface area contributed by atoms with Crippen molar-refractivity contribution in [1.82, 2.24) is 0 Å². The van der Waals surface area contributed by atoms with E-state index in [1.807, 2.05) is 0 Å². The van der Waals surface area contributed by atoms with Crippen molar-refractivity contribution in [3.8, 4) is 0 Å². The molecule has 0 fully saturated rings. The van der Waals surface area contributed by atoms with Crippen LogP contribution in [0.1, 0.15) is 4.88 Å². The molecule has 1 aromatic heterocycles. The molecule has 1 rings (SSSR count). The van der Waals surface area contributed by atoms with Gasteiger partial charge in [0, 0.05) is 4.88 Å². The number of rotatable bonds is 3. The number of thiophene rings is 1. The van der Waals surface area contributed by atoms with Gasteiger partial charge in [-0.25, -0.2) is 0 Å². The standard InChI is InChI=1S/C8H14OSSi/c1-11(2,3)9-7-8-5-4-6-10-8/h4-6H,7H2,1-3H3. The van der Waals surface area contributed by atoms with Gasteiger partial charge in [-0.1, -0.05) is 6.07 Å². The monoisotopic (exact) mass is 186 g/mol. The molecule has 11 heavy (non-hydrogen) atoms. The Morgan fingerprint density at radius 3 is 2.64 bits per heavy atom. The molecule has 0 aliphatic heterocycles. The summed E-state index contributed by atoms with van der Waals surface area (Å²) < 4.78 is 5.72. The molecule has 1 heterocycles. The average molecular weight is 186 g/mol. The Hall–Kier alpha value is -0.123. The second-order valence-corrected chi connectivity index (χ2v) is 9.03. The third kappa shape index (κ3) is 3.70. The summed E-state index contributed by atoms with van der Waals surface area (Å²) in [5.74, 6) is 0. The van der Waals surface area contributed by atoms with E-state index >= 15 is 0 Å². The highest BCUT2D eigenvalue weighted by molar-refractivity contribution is 7.09. The van der Waals surface area contributed by atoms with Crippen LogP contribution >= 0.6 is 11.3 Å². The van der Waals surface area contributed by atoms with Crippen LogP contribution in [0.4, 0.5) is 0 Å². The fraction of sp³-hybridized carbons (Fsp3) is 0.500. The quantitative estimate of drug-likeness (QED) is 0.659. The van der Waals surface area contributed by atoms with E-state index in [1.54, 1.807) is 11.3 Å². The topological polar surface area (TPSA) is 9.23 Å². The Kier molecular flexibility index (Phi) is 2.87. The van der Waals surface area contributed by atoms with Crippen LogP contribution in [0.3, 0.4) is 0 Å². The van der Waals surface area contributed by atoms with Crippen molar-refractivity contribution in [3.63, 3.8) is 0 Å². The molecule has 0 saturated heterocycles. The summed E-state index contributed by atoms with van der Waals surface area (Å²) in [6.07, 6.45) is 0. The first-order valence-corrected chi connectivity index (χ1v) is 8.03. The van der Waals surface area contributed by atoms with Gasteiger partial charge in [0.25, 0.3) is 0 Å². The first-order chi connectivity index (χ1) is 5.08. The third-order valence-electron chi connectivity index (χ3n) is 1.23. The van der Waals surface area contributed by atoms with Crippen molar-refractivity contribution in [3.05, 3.63) is 22.4 Å². The summed E-state index contributed by atoms with van der Waals surface area (Å²) in [5.41, 5.74) is 0. The molecule has 0 saturated carbocycles. The van der Waals surface area contributed by atoms with Crippen LogP contribution in [0.15, 0.2) is 17.5 Å². The van der Waals surface area contributed by atoms with Crippen LogP contribution in [0.5, 0.6) is 0 Å². The molecule has 1 nitrogen and oxygen atoms in total. The SMILES string of the molecule is C[Si](C)(C)OCc1cccs1. The molecule has 0 spiro atoms. The molecule has 3 heteroatoms. The van der Waals surface area contributed by atoms with E-state index in [0.29, 0.717) is 0 Å². The van der Waals surface area contributed by atoms with E-state index in [9.17, 15) is 0 Å². The van der Waals surface area contributed by atoms with Gasteiger partial charge in [0.1, 0.15) is 0 Å². The molecule has 0 radical (unpaired) electrons. The molecule has 0 unspecified atom stereocenters. The van der Waals surface area contributed by atoms with Gasteiger partial charge in [-0.05, 0) is 31.1 Å². The van der Waals surface area contributed by atoms with E-state index in [1.165, 1.54) is 4.88 Å². The molecular weight excluding hydrogens is 172 g/mol. The van der Waals surface area contributed by atoms with E-state index in [2.05, 4.69) is 37.2 Å². The fourth-order valence-corrected chi connectivity index (χ4v) is 1.99. The molecule has 0 amide bonds. The van der Waals surface area contributed by atoms with Gasteiger partial charge >= 0.3 is 0 Å². The molecule has 0 aromatic carbocycles. The van der Waals surface area contributed by atoms with Crippen molar-refractivity contribution in [2.75, 3.05) is 0 Å². The zero-order valence-corrected chi connectivity index (χ0v) is 9.07. The minimum atomic E-state index is -1.31. The van der Waals surface area contributed by atoms with E-state index in [-0.39, 0.29) is 0 Å². The molecule has 0 atom stereocenters. The van der Waals surface area contributed by atoms with E-state index in [0.717, 1.165) is 6.61 Å². The van der Waals surface area contributed by atoms with Gasteiger partial charge in [-0.15, -0.1) is 11.3 Å². The van der Waals surface area contributed by atoms with Crippen LogP contribution in [0.25, 0.3) is 0 Å². The normalized spacial score (nSPS) is 11.9. The summed E-state index contributed by atoms with van der Waals surface area (Å²) in [7, 11) is -1.31. The molecule has 0 bridgehead atoms. The maximum atomic E-state index is 5.72. The van der Waals surface area contributed by atoms with Gasteiger partial charge in [0.05, 0.1) is 6.61 Å². The van der Waals surface area contributed by atoms with Crippen LogP contribution < -0.4 is 0 Å². The molecule has 1 aromatic rings. The predicted octanol–water partition coefficient (Wildman–Crippen LogP) is 3.10. The molecule has 0 N–H and O–H groups in total. The van der Waals surface area contributed by atoms with Crippen LogP contribution in [-0.4, -0.2) is 8.32 Å². The van der Waals surface area contributed by atoms with Gasteiger partial charge in [0.2, 0.25) is 0 Å². The van der Waals surface area contributed by atoms with Crippen molar-refractivity contribution >= 4 is 19.7 Å². The second-order valence-electron chi connectivity index (χ2n) is 3.48. The Morgan fingerprint density at radius 2 is 2.18 bits per heavy atom. The van der Waals surface area contributed by atoms with Crippen molar-refractivity contribution < 1.29 is 4.43 Å². The largest absolute Gasteiger partial charge is 0.413 e. The Balaban J connectivity index is 2.35. The molecule has 0 aliphatic rings. The zero-order chi connectivity index (χ0) is 8.32. The lowest BCUT2D eigenvalue weighted by Crippen LogP contribution is -2.24. The molecular formula is C8H14OSSi. The average Bonchev–Trinajstić information content (AvgIpc) is 2.32. The number of hydrogen-bond donors (Lipinski definition) is 0. The fourth-order valence-electron chi connectivity index (χ4n) is 0.682. The maximum absolute atomic E-state index is 5.72. The van der Waals surface area contributed by atoms with Gasteiger partial charge in [-0.3, -0.25) is 0 Å². The van der Waals surface area contributed by atoms with Crippen molar-refractivity contribution in [1.29, 1.82) is 0 Å². The predicted molar refractivity (Wildman–Crippen MR) is 52.5 cm³/mol. The summed E-state index contributed by atoms with van der Waals surface area (Å²) in [6.45, 7) is 7.43. The lowest BCUT2D eigenvalue weighted by Gasteiger charge is -2.15. The van der Waals surface area contributed by atoms with Crippen molar-refractivity contribution in [2.24, 2.45) is 0 Å². The Morgan fingerprint density at radius 1 is 1.45 bits per heavy atom. The summed E-state index contributed by atoms with van der Waals surface area (Å²) in [6, 6.07) is 4.18. The highest BCUT2D eigenvalue weighted by atomic mass is 32.1. The molecule has 0 aliphatic carbocycles. The lowest BCUT2D eigenvalue weighted by atomic mass is 10.5. The van der Waals surface area contributed by atoms with Crippen LogP contribution in [0, 0.1) is 0 Å². The Labute approximate surface area is 73.1 Å². The summed E-state index contributed by atoms with van der Waals surface area (Å²) in [5, 5.41) is 2.09. The van der Waals surface area contributed by atoms with Crippen LogP contribution in [0.2, 0.25) is 19.6 Å². The highest BCUT2D eigenvalue weighted by Crippen LogP contribution is 2.13. The van der Waals surface area contributed by atoms with Gasteiger partial charge in [0.15, 0.2) is 8.32 Å². The highest BCUT2D eigenvalue weighted by Gasteiger charge is 2.13. The first-order valence-electron chi connectivity index (χ1n) is 3.74. The number of hydrogen-bond acceptors (Lipinski definition) is 2. The minimum absolute atomic E-state index is 0.799. The smallest absolute Gasteiger partial charge is 0.184 e. The summed E-state index contributed by atoms with van der Waals surface area (Å²) in [4.78, 5) is 1.33. The zero-order valence-electron chi connectivity index (χ0n) is 7.26. The van der Waals surface area contributed by atoms with Crippen molar-refractivity contribution in [2.45, 2.75) is 26.2 Å². The summed E-state index contributed by atoms with van der Waals surface area (Å²) >= 11 is 1.76. The van der Waals surface area contributed by atoms with E-state index in [4.69, 9.17) is 4.43 Å². The third-order valence-corrected chi connectivity index (χ3v) is 3.09. The first kappa shape index (κ1) is 8.97. The maximum Gasteiger partial charge on any atom is 0.184 e. The minimum Gasteiger partial charge on any atom is -0.413 e. The van der Waals surface area contributed by atoms with Crippen LogP contribution in [-0.2, 0) is 11.0 Å². The van der Waals surface area contributed by atoms with E-state index < -0.39 is 8.32 Å². The Bertz CT molecular complexity index is 200. The molecule has 62 valence electrons.